The molecule has 0 aliphatic rings. The van der Waals surface area contributed by atoms with Gasteiger partial charge in [0, 0.05) is 6.61 Å². The Balaban J connectivity index is 4.29. The average Bonchev–Trinajstić information content (AvgIpc) is 2.57. The van der Waals surface area contributed by atoms with Crippen LogP contribution < -0.4 is 5.32 Å². The molecule has 1 N–H and O–H groups in total. The summed E-state index contributed by atoms with van der Waals surface area (Å²) in [5, 5.41) is 2.48. The van der Waals surface area contributed by atoms with Crippen molar-refractivity contribution < 1.29 is 28.5 Å². The maximum absolute atomic E-state index is 11.7. The van der Waals surface area contributed by atoms with Crippen molar-refractivity contribution in [3.63, 3.8) is 0 Å². The summed E-state index contributed by atoms with van der Waals surface area (Å²) in [6.45, 7) is 8.45. The van der Waals surface area contributed by atoms with Crippen LogP contribution in [-0.2, 0) is 23.7 Å². The Hall–Kier alpha value is -1.60. The van der Waals surface area contributed by atoms with Gasteiger partial charge in [-0.3, -0.25) is 0 Å². The fourth-order valence-corrected chi connectivity index (χ4v) is 1.68. The van der Waals surface area contributed by atoms with E-state index in [-0.39, 0.29) is 5.92 Å². The van der Waals surface area contributed by atoms with E-state index in [4.69, 9.17) is 14.2 Å². The number of hydrogen-bond acceptors (Lipinski definition) is 6. The Bertz CT molecular complexity index is 372. The summed E-state index contributed by atoms with van der Waals surface area (Å²) in [5.41, 5.74) is 0. The van der Waals surface area contributed by atoms with Crippen LogP contribution >= 0.6 is 0 Å². The molecule has 2 unspecified atom stereocenters. The van der Waals surface area contributed by atoms with Crippen molar-refractivity contribution >= 4 is 12.1 Å². The lowest BCUT2D eigenvalue weighted by molar-refractivity contribution is -0.141. The van der Waals surface area contributed by atoms with E-state index in [1.165, 1.54) is 7.11 Å². The van der Waals surface area contributed by atoms with Crippen molar-refractivity contribution in [2.24, 2.45) is 5.92 Å². The third-order valence-corrected chi connectivity index (χ3v) is 3.05. The lowest BCUT2D eigenvalue weighted by Crippen LogP contribution is -2.40. The summed E-state index contributed by atoms with van der Waals surface area (Å²) in [4.78, 5) is 23.4. The smallest absolute Gasteiger partial charge is 0.408 e. The lowest BCUT2D eigenvalue weighted by Gasteiger charge is -2.14. The third kappa shape index (κ3) is 11.9. The van der Waals surface area contributed by atoms with Crippen molar-refractivity contribution in [2.45, 2.75) is 39.7 Å². The molecule has 0 aromatic rings. The standard InChI is InChI=1S/C17H31NO6/c1-5-7-10-24-17(20)18-15(16(19)21-4)9-8-14(3)13-23-12-11-22-6-2/h8-9,14-15H,5-7,10-13H2,1-4H3,(H,18,20)/b9-8+. The SMILES string of the molecule is CCCCOC(=O)NC(/C=C/C(C)COCCOCC)C(=O)OC. The number of carbonyl (C=O) groups excluding carboxylic acids is 2. The summed E-state index contributed by atoms with van der Waals surface area (Å²) in [5.74, 6) is -0.472. The molecule has 2 atom stereocenters. The van der Waals surface area contributed by atoms with Crippen LogP contribution in [0.15, 0.2) is 12.2 Å². The first-order valence-electron chi connectivity index (χ1n) is 8.40. The van der Waals surface area contributed by atoms with Gasteiger partial charge in [0.05, 0.1) is 33.5 Å². The van der Waals surface area contributed by atoms with Crippen LogP contribution in [0.5, 0.6) is 0 Å². The maximum atomic E-state index is 11.7. The van der Waals surface area contributed by atoms with E-state index in [2.05, 4.69) is 10.1 Å². The number of carbonyl (C=O) groups is 2. The maximum Gasteiger partial charge on any atom is 0.408 e. The van der Waals surface area contributed by atoms with Crippen molar-refractivity contribution in [1.29, 1.82) is 0 Å². The van der Waals surface area contributed by atoms with Gasteiger partial charge >= 0.3 is 12.1 Å². The van der Waals surface area contributed by atoms with Gasteiger partial charge in [-0.25, -0.2) is 9.59 Å². The predicted octanol–water partition coefficient (Wildman–Crippen LogP) is 2.30. The number of rotatable bonds is 13. The number of alkyl carbamates (subject to hydrolysis) is 1. The molecule has 24 heavy (non-hydrogen) atoms. The first kappa shape index (κ1) is 22.4. The van der Waals surface area contributed by atoms with Crippen molar-refractivity contribution in [3.8, 4) is 0 Å². The number of hydrogen-bond donors (Lipinski definition) is 1. The molecule has 0 heterocycles. The van der Waals surface area contributed by atoms with E-state index in [0.29, 0.717) is 33.0 Å². The van der Waals surface area contributed by atoms with Gasteiger partial charge in [-0.15, -0.1) is 0 Å². The van der Waals surface area contributed by atoms with Crippen LogP contribution in [0.4, 0.5) is 4.79 Å². The molecule has 140 valence electrons. The fraction of sp³-hybridized carbons (Fsp3) is 0.765. The van der Waals surface area contributed by atoms with E-state index in [1.54, 1.807) is 12.2 Å². The number of amides is 1. The van der Waals surface area contributed by atoms with E-state index in [1.807, 2.05) is 20.8 Å². The van der Waals surface area contributed by atoms with Crippen LogP contribution in [-0.4, -0.2) is 58.2 Å². The largest absolute Gasteiger partial charge is 0.467 e. The molecule has 0 rings (SSSR count). The number of ether oxygens (including phenoxy) is 4. The van der Waals surface area contributed by atoms with Crippen LogP contribution in [0, 0.1) is 5.92 Å². The van der Waals surface area contributed by atoms with Crippen molar-refractivity contribution in [3.05, 3.63) is 12.2 Å². The summed E-state index contributed by atoms with van der Waals surface area (Å²) >= 11 is 0. The van der Waals surface area contributed by atoms with E-state index in [9.17, 15) is 9.59 Å². The molecule has 0 saturated heterocycles. The summed E-state index contributed by atoms with van der Waals surface area (Å²) in [7, 11) is 1.27. The molecule has 0 bridgehead atoms. The van der Waals surface area contributed by atoms with Crippen molar-refractivity contribution in [1.82, 2.24) is 5.32 Å². The zero-order valence-electron chi connectivity index (χ0n) is 15.2. The molecule has 0 saturated carbocycles. The molecule has 1 amide bonds. The van der Waals surface area contributed by atoms with Gasteiger partial charge in [0.1, 0.15) is 6.04 Å². The zero-order chi connectivity index (χ0) is 18.2. The number of esters is 1. The van der Waals surface area contributed by atoms with Gasteiger partial charge in [0.2, 0.25) is 0 Å². The van der Waals surface area contributed by atoms with Gasteiger partial charge in [-0.1, -0.05) is 32.4 Å². The summed E-state index contributed by atoms with van der Waals surface area (Å²) < 4.78 is 20.3. The highest BCUT2D eigenvalue weighted by Gasteiger charge is 2.19. The highest BCUT2D eigenvalue weighted by atomic mass is 16.6. The highest BCUT2D eigenvalue weighted by molar-refractivity contribution is 5.83. The van der Waals surface area contributed by atoms with Crippen LogP contribution in [0.1, 0.15) is 33.6 Å². The van der Waals surface area contributed by atoms with Crippen molar-refractivity contribution in [2.75, 3.05) is 40.1 Å². The second kappa shape index (κ2) is 15.0. The molecule has 0 spiro atoms. The molecule has 7 heteroatoms. The quantitative estimate of drug-likeness (QED) is 0.313. The minimum absolute atomic E-state index is 0.0803. The first-order chi connectivity index (χ1) is 11.5. The Morgan fingerprint density at radius 3 is 2.42 bits per heavy atom. The minimum atomic E-state index is -0.880. The first-order valence-corrected chi connectivity index (χ1v) is 8.40. The van der Waals surface area contributed by atoms with Crippen LogP contribution in [0.2, 0.25) is 0 Å². The fourth-order valence-electron chi connectivity index (χ4n) is 1.68. The summed E-state index contributed by atoms with van der Waals surface area (Å²) in [6, 6.07) is -0.880. The minimum Gasteiger partial charge on any atom is -0.467 e. The molecule has 0 aromatic heterocycles. The van der Waals surface area contributed by atoms with Gasteiger partial charge < -0.3 is 24.3 Å². The van der Waals surface area contributed by atoms with E-state index >= 15 is 0 Å². The Morgan fingerprint density at radius 1 is 1.08 bits per heavy atom. The monoisotopic (exact) mass is 345 g/mol. The zero-order valence-corrected chi connectivity index (χ0v) is 15.2. The molecule has 0 aliphatic heterocycles. The summed E-state index contributed by atoms with van der Waals surface area (Å²) in [6.07, 6.45) is 4.46. The normalized spacial score (nSPS) is 13.5. The highest BCUT2D eigenvalue weighted by Crippen LogP contribution is 2.02. The molecule has 7 nitrogen and oxygen atoms in total. The lowest BCUT2D eigenvalue weighted by atomic mass is 10.1. The molecule has 0 aromatic carbocycles. The van der Waals surface area contributed by atoms with Gasteiger partial charge in [-0.05, 0) is 19.3 Å². The topological polar surface area (TPSA) is 83.1 Å². The predicted molar refractivity (Wildman–Crippen MR) is 90.8 cm³/mol. The average molecular weight is 345 g/mol. The Labute approximate surface area is 144 Å². The van der Waals surface area contributed by atoms with Gasteiger partial charge in [-0.2, -0.15) is 0 Å². The Morgan fingerprint density at radius 2 is 1.79 bits per heavy atom. The van der Waals surface area contributed by atoms with E-state index < -0.39 is 18.1 Å². The molecular formula is C17H31NO6. The molecule has 0 aliphatic carbocycles. The Kier molecular flexibility index (Phi) is 14.0. The molecular weight excluding hydrogens is 314 g/mol. The van der Waals surface area contributed by atoms with Crippen LogP contribution in [0.25, 0.3) is 0 Å². The number of unbranched alkanes of at least 4 members (excludes halogenated alkanes) is 1. The second-order valence-electron chi connectivity index (χ2n) is 5.27. The molecule has 0 radical (unpaired) electrons. The van der Waals surface area contributed by atoms with Gasteiger partial charge in [0.15, 0.2) is 0 Å². The van der Waals surface area contributed by atoms with E-state index in [0.717, 1.165) is 12.8 Å². The van der Waals surface area contributed by atoms with Crippen LogP contribution in [0.3, 0.4) is 0 Å². The number of methoxy groups -OCH3 is 1. The number of nitrogens with one attached hydrogen (secondary N) is 1. The second-order valence-corrected chi connectivity index (χ2v) is 5.27. The third-order valence-electron chi connectivity index (χ3n) is 3.05. The molecule has 0 fully saturated rings. The van der Waals surface area contributed by atoms with Gasteiger partial charge in [0.25, 0.3) is 0 Å².